The van der Waals surface area contributed by atoms with Gasteiger partial charge in [-0.1, -0.05) is 448 Å². The van der Waals surface area contributed by atoms with Crippen molar-refractivity contribution in [2.75, 3.05) is 13.2 Å². The third kappa shape index (κ3) is 78.3. The molecular weight excluding hydrogens is 1100 g/mol. The molecule has 530 valence electrons. The predicted molar refractivity (Wildman–Crippen MR) is 399 cm³/mol. The number of carbonyl (C=O) groups excluding carboxylic acids is 2. The Morgan fingerprint density at radius 2 is 0.478 bits per heavy atom. The van der Waals surface area contributed by atoms with Crippen LogP contribution in [-0.4, -0.2) is 36.4 Å². The summed E-state index contributed by atoms with van der Waals surface area (Å²) in [5.74, 6) is -0.560. The van der Waals surface area contributed by atoms with Crippen LogP contribution in [0.3, 0.4) is 0 Å². The zero-order valence-corrected chi connectivity index (χ0v) is 61.2. The summed E-state index contributed by atoms with van der Waals surface area (Å²) in [7, 11) is 0. The molecule has 0 aromatic heterocycles. The lowest BCUT2D eigenvalue weighted by molar-refractivity contribution is -0.161. The summed E-state index contributed by atoms with van der Waals surface area (Å²) in [5.41, 5.74) is 0. The molecule has 0 rings (SSSR count). The van der Waals surface area contributed by atoms with Crippen molar-refractivity contribution in [2.45, 2.75) is 469 Å². The average Bonchev–Trinajstić information content (AvgIpc) is 3.59. The number of unbranched alkanes of at least 4 members (excludes halogenated alkanes) is 62. The minimum absolute atomic E-state index is 0.0579. The fourth-order valence-corrected chi connectivity index (χ4v) is 13.0. The van der Waals surface area contributed by atoms with Crippen LogP contribution in [0, 0.1) is 0 Å². The Labute approximate surface area is 564 Å². The van der Waals surface area contributed by atoms with Crippen molar-refractivity contribution >= 4 is 11.9 Å². The number of ether oxygens (including phenoxy) is 2. The van der Waals surface area contributed by atoms with Crippen LogP contribution in [-0.2, 0) is 19.1 Å². The molecule has 0 spiro atoms. The van der Waals surface area contributed by atoms with Gasteiger partial charge in [0.1, 0.15) is 6.61 Å². The van der Waals surface area contributed by atoms with Crippen molar-refractivity contribution in [3.05, 3.63) is 48.6 Å². The number of hydrogen-bond donors (Lipinski definition) is 1. The monoisotopic (exact) mass is 1260 g/mol. The Hall–Kier alpha value is -2.14. The maximum Gasteiger partial charge on any atom is 0.306 e. The summed E-state index contributed by atoms with van der Waals surface area (Å²) in [6, 6.07) is 0. The van der Waals surface area contributed by atoms with Gasteiger partial charge in [0.15, 0.2) is 6.10 Å². The van der Waals surface area contributed by atoms with E-state index in [1.165, 1.54) is 379 Å². The first kappa shape index (κ1) is 87.9. The van der Waals surface area contributed by atoms with Crippen molar-refractivity contribution in [1.29, 1.82) is 0 Å². The molecular formula is C85H160O5. The molecule has 0 bridgehead atoms. The molecule has 0 saturated carbocycles. The van der Waals surface area contributed by atoms with Crippen molar-refractivity contribution in [3.8, 4) is 0 Å². The Bertz CT molecular complexity index is 1480. The van der Waals surface area contributed by atoms with E-state index in [4.69, 9.17) is 9.47 Å². The van der Waals surface area contributed by atoms with Crippen LogP contribution in [0.15, 0.2) is 48.6 Å². The maximum atomic E-state index is 12.4. The average molecular weight is 1260 g/mol. The molecule has 90 heavy (non-hydrogen) atoms. The zero-order valence-electron chi connectivity index (χ0n) is 61.2. The first-order chi connectivity index (χ1) is 44.6. The molecule has 0 aromatic carbocycles. The van der Waals surface area contributed by atoms with E-state index < -0.39 is 6.10 Å². The highest BCUT2D eigenvalue weighted by molar-refractivity contribution is 5.70. The van der Waals surface area contributed by atoms with Gasteiger partial charge in [-0.05, 0) is 51.4 Å². The second-order valence-corrected chi connectivity index (χ2v) is 28.2. The van der Waals surface area contributed by atoms with E-state index in [-0.39, 0.29) is 25.2 Å². The summed E-state index contributed by atoms with van der Waals surface area (Å²) >= 11 is 0. The zero-order chi connectivity index (χ0) is 64.7. The molecule has 0 saturated heterocycles. The number of rotatable bonds is 78. The van der Waals surface area contributed by atoms with Gasteiger partial charge in [-0.3, -0.25) is 9.59 Å². The van der Waals surface area contributed by atoms with Gasteiger partial charge in [0.25, 0.3) is 0 Å². The second-order valence-electron chi connectivity index (χ2n) is 28.2. The van der Waals surface area contributed by atoms with Crippen molar-refractivity contribution < 1.29 is 24.2 Å². The van der Waals surface area contributed by atoms with Gasteiger partial charge < -0.3 is 14.6 Å². The van der Waals surface area contributed by atoms with Gasteiger partial charge >= 0.3 is 11.9 Å². The highest BCUT2D eigenvalue weighted by Gasteiger charge is 2.16. The molecule has 0 fully saturated rings. The van der Waals surface area contributed by atoms with Crippen molar-refractivity contribution in [1.82, 2.24) is 0 Å². The molecule has 1 N–H and O–H groups in total. The lowest BCUT2D eigenvalue weighted by Gasteiger charge is -2.15. The number of carbonyl (C=O) groups is 2. The normalized spacial score (nSPS) is 12.3. The van der Waals surface area contributed by atoms with Crippen LogP contribution >= 0.6 is 0 Å². The summed E-state index contributed by atoms with van der Waals surface area (Å²) in [6.07, 6.45) is 111. The summed E-state index contributed by atoms with van der Waals surface area (Å²) in [6.45, 7) is 4.10. The second kappa shape index (κ2) is 81.1. The summed E-state index contributed by atoms with van der Waals surface area (Å²) in [5, 5.41) is 9.73. The minimum atomic E-state index is -0.770. The molecule has 0 heterocycles. The standard InChI is InChI=1S/C85H160O5/c1-3-5-7-9-11-13-15-17-19-21-23-25-27-29-31-33-35-37-39-41-42-44-46-48-50-52-54-56-58-60-62-64-66-68-70-72-74-76-78-80-85(88)90-83(81-86)82-89-84(87)79-77-75-73-71-69-67-65-63-61-59-57-55-53-51-49-47-45-43-40-38-36-34-32-30-28-26-24-22-20-18-16-14-12-10-8-6-4-2/h5,7,11,13,17,19,23,25,83,86H,3-4,6,8-10,12,14-16,18,20-22,24,26-82H2,1-2H3/b7-5-,13-11-,19-17-,25-23-. The van der Waals surface area contributed by atoms with Crippen molar-refractivity contribution in [3.63, 3.8) is 0 Å². The lowest BCUT2D eigenvalue weighted by Crippen LogP contribution is -2.28. The van der Waals surface area contributed by atoms with Crippen LogP contribution in [0.1, 0.15) is 463 Å². The van der Waals surface area contributed by atoms with E-state index in [0.29, 0.717) is 12.8 Å². The van der Waals surface area contributed by atoms with Gasteiger partial charge in [-0.15, -0.1) is 0 Å². The van der Waals surface area contributed by atoms with Gasteiger partial charge in [-0.25, -0.2) is 0 Å². The number of aliphatic hydroxyl groups is 1. The smallest absolute Gasteiger partial charge is 0.306 e. The number of esters is 2. The Balaban J connectivity index is 3.34. The SMILES string of the molecule is CC/C=C\C/C=C\C/C=C\C/C=C\CCCCCCCCCCCCCCCCCCCCCCCCCCCCC(=O)OC(CO)COC(=O)CCCCCCCCCCCCCCCCCCCCCCCCCCCCCCCCCCCCCCC. The third-order valence-corrected chi connectivity index (χ3v) is 19.1. The maximum absolute atomic E-state index is 12.4. The Morgan fingerprint density at radius 3 is 0.722 bits per heavy atom. The van der Waals surface area contributed by atoms with E-state index in [0.717, 1.165) is 57.8 Å². The molecule has 0 aliphatic rings. The van der Waals surface area contributed by atoms with Gasteiger partial charge in [-0.2, -0.15) is 0 Å². The summed E-state index contributed by atoms with van der Waals surface area (Å²) < 4.78 is 10.8. The molecule has 0 radical (unpaired) electrons. The number of hydrogen-bond acceptors (Lipinski definition) is 5. The van der Waals surface area contributed by atoms with Gasteiger partial charge in [0.05, 0.1) is 6.61 Å². The van der Waals surface area contributed by atoms with Gasteiger partial charge in [0, 0.05) is 12.8 Å². The fourth-order valence-electron chi connectivity index (χ4n) is 13.0. The van der Waals surface area contributed by atoms with Crippen LogP contribution in [0.2, 0.25) is 0 Å². The molecule has 0 aliphatic carbocycles. The Kier molecular flexibility index (Phi) is 79.2. The third-order valence-electron chi connectivity index (χ3n) is 19.1. The lowest BCUT2D eigenvalue weighted by atomic mass is 10.0. The molecule has 1 atom stereocenters. The van der Waals surface area contributed by atoms with Gasteiger partial charge in [0.2, 0.25) is 0 Å². The van der Waals surface area contributed by atoms with Crippen LogP contribution in [0.5, 0.6) is 0 Å². The molecule has 5 nitrogen and oxygen atoms in total. The van der Waals surface area contributed by atoms with E-state index >= 15 is 0 Å². The quantitative estimate of drug-likeness (QED) is 0.0373. The van der Waals surface area contributed by atoms with Crippen LogP contribution in [0.25, 0.3) is 0 Å². The van der Waals surface area contributed by atoms with E-state index in [9.17, 15) is 14.7 Å². The molecule has 5 heteroatoms. The number of aliphatic hydroxyl groups excluding tert-OH is 1. The van der Waals surface area contributed by atoms with Crippen LogP contribution in [0.4, 0.5) is 0 Å². The topological polar surface area (TPSA) is 72.8 Å². The molecule has 0 aliphatic heterocycles. The van der Waals surface area contributed by atoms with E-state index in [1.807, 2.05) is 0 Å². The minimum Gasteiger partial charge on any atom is -0.462 e. The predicted octanol–water partition coefficient (Wildman–Crippen LogP) is 29.0. The van der Waals surface area contributed by atoms with E-state index in [2.05, 4.69) is 62.5 Å². The van der Waals surface area contributed by atoms with Crippen LogP contribution < -0.4 is 0 Å². The molecule has 0 aromatic rings. The number of allylic oxidation sites excluding steroid dienone is 8. The van der Waals surface area contributed by atoms with E-state index in [1.54, 1.807) is 0 Å². The molecule has 0 amide bonds. The summed E-state index contributed by atoms with van der Waals surface area (Å²) in [4.78, 5) is 24.7. The fraction of sp³-hybridized carbons (Fsp3) is 0.882. The largest absolute Gasteiger partial charge is 0.462 e. The highest BCUT2D eigenvalue weighted by Crippen LogP contribution is 2.21. The first-order valence-corrected chi connectivity index (χ1v) is 41.2. The highest BCUT2D eigenvalue weighted by atomic mass is 16.6. The Morgan fingerprint density at radius 1 is 0.267 bits per heavy atom. The first-order valence-electron chi connectivity index (χ1n) is 41.2. The molecule has 1 unspecified atom stereocenters. The van der Waals surface area contributed by atoms with Crippen molar-refractivity contribution in [2.24, 2.45) is 0 Å².